The first kappa shape index (κ1) is 11.5. The van der Waals surface area contributed by atoms with Crippen molar-refractivity contribution >= 4 is 5.78 Å². The molecule has 0 amide bonds. The molecule has 0 spiro atoms. The third kappa shape index (κ3) is 4.45. The molecule has 0 saturated carbocycles. The van der Waals surface area contributed by atoms with E-state index in [0.717, 1.165) is 17.7 Å². The van der Waals surface area contributed by atoms with E-state index in [1.807, 2.05) is 24.3 Å². The lowest BCUT2D eigenvalue weighted by molar-refractivity contribution is -0.116. The number of hydrogen-bond donors (Lipinski definition) is 0. The molecule has 0 aliphatic rings. The van der Waals surface area contributed by atoms with Crippen molar-refractivity contribution in [2.75, 3.05) is 6.61 Å². The number of carbonyl (C=O) groups excluding carboxylic acids is 1. The van der Waals surface area contributed by atoms with Crippen LogP contribution in [0.2, 0.25) is 0 Å². The highest BCUT2D eigenvalue weighted by Gasteiger charge is 1.97. The predicted molar refractivity (Wildman–Crippen MR) is 61.1 cm³/mol. The minimum absolute atomic E-state index is 0.224. The smallest absolute Gasteiger partial charge is 0.130 e. The summed E-state index contributed by atoms with van der Waals surface area (Å²) >= 11 is 0. The Morgan fingerprint density at radius 3 is 2.60 bits per heavy atom. The minimum Gasteiger partial charge on any atom is -0.490 e. The molecule has 80 valence electrons. The summed E-state index contributed by atoms with van der Waals surface area (Å²) in [6.45, 7) is 5.71. The largest absolute Gasteiger partial charge is 0.490 e. The molecule has 0 aliphatic carbocycles. The molecule has 2 nitrogen and oxygen atoms in total. The Hall–Kier alpha value is -1.57. The van der Waals surface area contributed by atoms with Gasteiger partial charge in [0.25, 0.3) is 0 Å². The molecule has 0 heterocycles. The Bertz CT molecular complexity index is 325. The van der Waals surface area contributed by atoms with Crippen LogP contribution in [0.4, 0.5) is 0 Å². The van der Waals surface area contributed by atoms with Crippen LogP contribution in [0.15, 0.2) is 36.9 Å². The van der Waals surface area contributed by atoms with Gasteiger partial charge in [0.2, 0.25) is 0 Å². The van der Waals surface area contributed by atoms with E-state index in [9.17, 15) is 4.79 Å². The van der Waals surface area contributed by atoms with Gasteiger partial charge in [0.15, 0.2) is 0 Å². The highest BCUT2D eigenvalue weighted by Crippen LogP contribution is 2.13. The van der Waals surface area contributed by atoms with Gasteiger partial charge in [0.1, 0.15) is 18.1 Å². The van der Waals surface area contributed by atoms with E-state index in [4.69, 9.17) is 4.74 Å². The summed E-state index contributed by atoms with van der Waals surface area (Å²) in [4.78, 5) is 10.8. The van der Waals surface area contributed by atoms with E-state index < -0.39 is 0 Å². The van der Waals surface area contributed by atoms with Gasteiger partial charge in [-0.15, -0.1) is 0 Å². The van der Waals surface area contributed by atoms with Crippen molar-refractivity contribution in [1.82, 2.24) is 0 Å². The monoisotopic (exact) mass is 204 g/mol. The molecule has 0 bridgehead atoms. The van der Waals surface area contributed by atoms with Gasteiger partial charge < -0.3 is 9.53 Å². The van der Waals surface area contributed by atoms with Gasteiger partial charge in [0.05, 0.1) is 0 Å². The fourth-order valence-electron chi connectivity index (χ4n) is 1.23. The number of hydrogen-bond acceptors (Lipinski definition) is 2. The van der Waals surface area contributed by atoms with Gasteiger partial charge >= 0.3 is 0 Å². The van der Waals surface area contributed by atoms with Crippen molar-refractivity contribution in [3.63, 3.8) is 0 Å². The molecule has 0 saturated heterocycles. The topological polar surface area (TPSA) is 26.3 Å². The summed E-state index contributed by atoms with van der Waals surface area (Å²) in [7, 11) is 0. The predicted octanol–water partition coefficient (Wildman–Crippen LogP) is 2.77. The average molecular weight is 204 g/mol. The van der Waals surface area contributed by atoms with Crippen molar-refractivity contribution in [2.45, 2.75) is 19.8 Å². The Kier molecular flexibility index (Phi) is 4.61. The number of ether oxygens (including phenoxy) is 1. The minimum atomic E-state index is 0.224. The van der Waals surface area contributed by atoms with E-state index in [0.29, 0.717) is 13.0 Å². The normalized spacial score (nSPS) is 9.67. The van der Waals surface area contributed by atoms with Crippen molar-refractivity contribution in [2.24, 2.45) is 0 Å². The average Bonchev–Trinajstić information content (AvgIpc) is 2.25. The van der Waals surface area contributed by atoms with Gasteiger partial charge in [-0.1, -0.05) is 24.8 Å². The zero-order valence-corrected chi connectivity index (χ0v) is 9.03. The van der Waals surface area contributed by atoms with Crippen LogP contribution in [0.1, 0.15) is 18.9 Å². The SMILES string of the molecule is C=CCOc1ccc(CCC(C)=O)cc1. The first-order chi connectivity index (χ1) is 7.22. The number of rotatable bonds is 6. The quantitative estimate of drug-likeness (QED) is 0.666. The molecular formula is C13H16O2. The summed E-state index contributed by atoms with van der Waals surface area (Å²) < 4.78 is 5.35. The molecule has 0 aromatic heterocycles. The van der Waals surface area contributed by atoms with Gasteiger partial charge in [-0.3, -0.25) is 0 Å². The molecule has 0 unspecified atom stereocenters. The summed E-state index contributed by atoms with van der Waals surface area (Å²) in [6.07, 6.45) is 3.12. The van der Waals surface area contributed by atoms with Gasteiger partial charge in [-0.25, -0.2) is 0 Å². The number of benzene rings is 1. The second-order valence-corrected chi connectivity index (χ2v) is 3.45. The molecule has 1 aromatic carbocycles. The highest BCUT2D eigenvalue weighted by atomic mass is 16.5. The van der Waals surface area contributed by atoms with Crippen LogP contribution in [0, 0.1) is 0 Å². The van der Waals surface area contributed by atoms with Gasteiger partial charge in [-0.05, 0) is 31.0 Å². The van der Waals surface area contributed by atoms with Crippen molar-refractivity contribution in [3.8, 4) is 5.75 Å². The summed E-state index contributed by atoms with van der Waals surface area (Å²) in [6, 6.07) is 7.81. The molecule has 1 aromatic rings. The van der Waals surface area contributed by atoms with Crippen LogP contribution in [0.5, 0.6) is 5.75 Å². The van der Waals surface area contributed by atoms with Crippen LogP contribution < -0.4 is 4.74 Å². The fraction of sp³-hybridized carbons (Fsp3) is 0.308. The van der Waals surface area contributed by atoms with E-state index in [2.05, 4.69) is 6.58 Å². The summed E-state index contributed by atoms with van der Waals surface area (Å²) in [5, 5.41) is 0. The zero-order chi connectivity index (χ0) is 11.1. The van der Waals surface area contributed by atoms with Crippen LogP contribution >= 0.6 is 0 Å². The third-order valence-electron chi connectivity index (χ3n) is 2.06. The Balaban J connectivity index is 2.48. The van der Waals surface area contributed by atoms with E-state index in [1.54, 1.807) is 13.0 Å². The Labute approximate surface area is 90.6 Å². The molecule has 0 aliphatic heterocycles. The fourth-order valence-corrected chi connectivity index (χ4v) is 1.23. The van der Waals surface area contributed by atoms with E-state index in [-0.39, 0.29) is 5.78 Å². The lowest BCUT2D eigenvalue weighted by Crippen LogP contribution is -1.95. The third-order valence-corrected chi connectivity index (χ3v) is 2.06. The molecule has 0 radical (unpaired) electrons. The van der Waals surface area contributed by atoms with E-state index >= 15 is 0 Å². The lowest BCUT2D eigenvalue weighted by atomic mass is 10.1. The number of aryl methyl sites for hydroxylation is 1. The molecule has 0 fully saturated rings. The molecule has 15 heavy (non-hydrogen) atoms. The maximum Gasteiger partial charge on any atom is 0.130 e. The highest BCUT2D eigenvalue weighted by molar-refractivity contribution is 5.75. The molecular weight excluding hydrogens is 188 g/mol. The summed E-state index contributed by atoms with van der Waals surface area (Å²) in [5.74, 6) is 1.06. The molecule has 2 heteroatoms. The first-order valence-corrected chi connectivity index (χ1v) is 5.04. The second kappa shape index (κ2) is 6.02. The lowest BCUT2D eigenvalue weighted by Gasteiger charge is -2.04. The van der Waals surface area contributed by atoms with Crippen LogP contribution in [0.25, 0.3) is 0 Å². The van der Waals surface area contributed by atoms with Gasteiger partial charge in [0, 0.05) is 6.42 Å². The van der Waals surface area contributed by atoms with E-state index in [1.165, 1.54) is 0 Å². The molecule has 1 rings (SSSR count). The second-order valence-electron chi connectivity index (χ2n) is 3.45. The number of carbonyl (C=O) groups is 1. The standard InChI is InChI=1S/C13H16O2/c1-3-10-15-13-8-6-12(7-9-13)5-4-11(2)14/h3,6-9H,1,4-5,10H2,2H3. The number of Topliss-reactive ketones (excluding diaryl/α,β-unsaturated/α-hetero) is 1. The van der Waals surface area contributed by atoms with Crippen molar-refractivity contribution in [3.05, 3.63) is 42.5 Å². The van der Waals surface area contributed by atoms with Crippen molar-refractivity contribution in [1.29, 1.82) is 0 Å². The zero-order valence-electron chi connectivity index (χ0n) is 9.03. The molecule has 0 atom stereocenters. The van der Waals surface area contributed by atoms with Crippen molar-refractivity contribution < 1.29 is 9.53 Å². The maximum absolute atomic E-state index is 10.8. The van der Waals surface area contributed by atoms with Crippen LogP contribution in [-0.4, -0.2) is 12.4 Å². The number of ketones is 1. The first-order valence-electron chi connectivity index (χ1n) is 5.04. The summed E-state index contributed by atoms with van der Waals surface area (Å²) in [5.41, 5.74) is 1.16. The maximum atomic E-state index is 10.8. The van der Waals surface area contributed by atoms with Gasteiger partial charge in [-0.2, -0.15) is 0 Å². The Morgan fingerprint density at radius 2 is 2.07 bits per heavy atom. The Morgan fingerprint density at radius 1 is 1.40 bits per heavy atom. The van der Waals surface area contributed by atoms with Crippen LogP contribution in [0.3, 0.4) is 0 Å². The molecule has 0 N–H and O–H groups in total. The van der Waals surface area contributed by atoms with Crippen LogP contribution in [-0.2, 0) is 11.2 Å².